The quantitative estimate of drug-likeness (QED) is 0.678. The molecule has 0 fully saturated rings. The predicted octanol–water partition coefficient (Wildman–Crippen LogP) is 4.22. The minimum Gasteiger partial charge on any atom is -0.493 e. The van der Waals surface area contributed by atoms with E-state index < -0.39 is 0 Å². The number of nitrogens with one attached hydrogen (secondary N) is 1. The van der Waals surface area contributed by atoms with Crippen molar-refractivity contribution in [1.82, 2.24) is 10.3 Å². The maximum Gasteiger partial charge on any atom is 0.271 e. The van der Waals surface area contributed by atoms with Gasteiger partial charge in [-0.1, -0.05) is 42.5 Å². The van der Waals surface area contributed by atoms with Crippen LogP contribution in [0, 0.1) is 0 Å². The van der Waals surface area contributed by atoms with Crippen LogP contribution in [0.15, 0.2) is 60.0 Å². The summed E-state index contributed by atoms with van der Waals surface area (Å²) >= 11 is 1.40. The third-order valence-electron chi connectivity index (χ3n) is 3.85. The summed E-state index contributed by atoms with van der Waals surface area (Å²) < 4.78 is 11.0. The second kappa shape index (κ2) is 8.49. The number of carbonyl (C=O) groups is 1. The summed E-state index contributed by atoms with van der Waals surface area (Å²) in [5.41, 5.74) is 1.45. The van der Waals surface area contributed by atoms with E-state index in [1.807, 2.05) is 61.5 Å². The molecule has 1 unspecified atom stereocenters. The third kappa shape index (κ3) is 4.40. The van der Waals surface area contributed by atoms with Crippen LogP contribution in [0.5, 0.6) is 11.5 Å². The Bertz CT molecular complexity index is 864. The number of aromatic nitrogens is 1. The molecule has 1 aromatic heterocycles. The predicted molar refractivity (Wildman–Crippen MR) is 102 cm³/mol. The molecule has 1 atom stereocenters. The highest BCUT2D eigenvalue weighted by Gasteiger charge is 2.15. The number of benzene rings is 2. The van der Waals surface area contributed by atoms with Gasteiger partial charge in [0.05, 0.1) is 13.2 Å². The lowest BCUT2D eigenvalue weighted by Gasteiger charge is -2.13. The van der Waals surface area contributed by atoms with Crippen LogP contribution in [0.4, 0.5) is 0 Å². The fourth-order valence-corrected chi connectivity index (χ4v) is 3.14. The summed E-state index contributed by atoms with van der Waals surface area (Å²) in [5.74, 6) is 1.12. The Morgan fingerprint density at radius 3 is 2.54 bits per heavy atom. The standard InChI is InChI=1S/C20H20N2O3S/c1-14(15-8-4-3-5-9-15)21-20(23)16-13-26-19(22-16)12-25-18-11-7-6-10-17(18)24-2/h3-11,13-14H,12H2,1-2H3,(H,21,23). The second-order valence-corrected chi connectivity index (χ2v) is 6.61. The van der Waals surface area contributed by atoms with Gasteiger partial charge >= 0.3 is 0 Å². The van der Waals surface area contributed by atoms with Gasteiger partial charge in [-0.3, -0.25) is 4.79 Å². The Balaban J connectivity index is 1.59. The average molecular weight is 368 g/mol. The molecule has 1 N–H and O–H groups in total. The lowest BCUT2D eigenvalue weighted by molar-refractivity contribution is 0.0935. The van der Waals surface area contributed by atoms with Gasteiger partial charge in [0.2, 0.25) is 0 Å². The molecule has 0 aliphatic rings. The maximum atomic E-state index is 12.4. The molecule has 0 aliphatic carbocycles. The molecule has 5 nitrogen and oxygen atoms in total. The summed E-state index contributed by atoms with van der Waals surface area (Å²) in [6.45, 7) is 2.23. The zero-order valence-electron chi connectivity index (χ0n) is 14.6. The minimum absolute atomic E-state index is 0.0846. The van der Waals surface area contributed by atoms with Crippen LogP contribution in [0.25, 0.3) is 0 Å². The highest BCUT2D eigenvalue weighted by atomic mass is 32.1. The van der Waals surface area contributed by atoms with Crippen LogP contribution in [0.1, 0.15) is 34.0 Å². The molecule has 0 spiro atoms. The van der Waals surface area contributed by atoms with Crippen LogP contribution < -0.4 is 14.8 Å². The number of hydrogen-bond donors (Lipinski definition) is 1. The number of amides is 1. The largest absolute Gasteiger partial charge is 0.493 e. The Kier molecular flexibility index (Phi) is 5.86. The molecule has 0 saturated carbocycles. The molecule has 2 aromatic carbocycles. The summed E-state index contributed by atoms with van der Waals surface area (Å²) in [7, 11) is 1.60. The van der Waals surface area contributed by atoms with E-state index in [-0.39, 0.29) is 18.6 Å². The fraction of sp³-hybridized carbons (Fsp3) is 0.200. The number of hydrogen-bond acceptors (Lipinski definition) is 5. The molecule has 6 heteroatoms. The first-order chi connectivity index (χ1) is 12.7. The summed E-state index contributed by atoms with van der Waals surface area (Å²) in [6, 6.07) is 17.2. The Hall–Kier alpha value is -2.86. The van der Waals surface area contributed by atoms with E-state index in [1.54, 1.807) is 12.5 Å². The highest BCUT2D eigenvalue weighted by Crippen LogP contribution is 2.27. The van der Waals surface area contributed by atoms with Gasteiger partial charge in [0.15, 0.2) is 11.5 Å². The highest BCUT2D eigenvalue weighted by molar-refractivity contribution is 7.09. The number of nitrogens with zero attached hydrogens (tertiary/aromatic N) is 1. The van der Waals surface area contributed by atoms with Crippen LogP contribution in [-0.2, 0) is 6.61 Å². The molecule has 0 bridgehead atoms. The van der Waals surface area contributed by atoms with Crippen LogP contribution in [0.2, 0.25) is 0 Å². The van der Waals surface area contributed by atoms with Crippen molar-refractivity contribution >= 4 is 17.2 Å². The summed E-state index contributed by atoms with van der Waals surface area (Å²) in [5, 5.41) is 5.44. The van der Waals surface area contributed by atoms with Gasteiger partial charge in [0.1, 0.15) is 17.3 Å². The van der Waals surface area contributed by atoms with Gasteiger partial charge in [0.25, 0.3) is 5.91 Å². The number of carbonyl (C=O) groups excluding carboxylic acids is 1. The molecule has 1 amide bonds. The van der Waals surface area contributed by atoms with Gasteiger partial charge in [-0.15, -0.1) is 11.3 Å². The number of para-hydroxylation sites is 2. The minimum atomic E-state index is -0.193. The molecule has 1 heterocycles. The van der Waals surface area contributed by atoms with Gasteiger partial charge < -0.3 is 14.8 Å². The van der Waals surface area contributed by atoms with Crippen LogP contribution in [0.3, 0.4) is 0 Å². The number of thiazole rings is 1. The zero-order valence-corrected chi connectivity index (χ0v) is 15.5. The lowest BCUT2D eigenvalue weighted by Crippen LogP contribution is -2.26. The van der Waals surface area contributed by atoms with E-state index >= 15 is 0 Å². The number of methoxy groups -OCH3 is 1. The van der Waals surface area contributed by atoms with E-state index in [1.165, 1.54) is 11.3 Å². The first-order valence-corrected chi connectivity index (χ1v) is 9.11. The van der Waals surface area contributed by atoms with Gasteiger partial charge in [-0.25, -0.2) is 4.98 Å². The van der Waals surface area contributed by atoms with E-state index in [0.717, 1.165) is 10.6 Å². The van der Waals surface area contributed by atoms with Crippen molar-refractivity contribution in [2.75, 3.05) is 7.11 Å². The van der Waals surface area contributed by atoms with Crippen molar-refractivity contribution in [3.63, 3.8) is 0 Å². The Labute approximate surface area is 156 Å². The summed E-state index contributed by atoms with van der Waals surface area (Å²) in [4.78, 5) is 16.8. The van der Waals surface area contributed by atoms with E-state index in [4.69, 9.17) is 9.47 Å². The van der Waals surface area contributed by atoms with Crippen LogP contribution >= 0.6 is 11.3 Å². The fourth-order valence-electron chi connectivity index (χ4n) is 2.45. The van der Waals surface area contributed by atoms with Crippen molar-refractivity contribution in [2.24, 2.45) is 0 Å². The van der Waals surface area contributed by atoms with Crippen molar-refractivity contribution in [3.8, 4) is 11.5 Å². The molecule has 0 aliphatic heterocycles. The van der Waals surface area contributed by atoms with Crippen molar-refractivity contribution in [3.05, 3.63) is 76.2 Å². The number of ether oxygens (including phenoxy) is 2. The number of rotatable bonds is 7. The third-order valence-corrected chi connectivity index (χ3v) is 4.67. The molecular formula is C20H20N2O3S. The first-order valence-electron chi connectivity index (χ1n) is 8.23. The molecule has 0 saturated heterocycles. The first kappa shape index (κ1) is 17.9. The van der Waals surface area contributed by atoms with E-state index in [0.29, 0.717) is 17.2 Å². The molecule has 3 aromatic rings. The maximum absolute atomic E-state index is 12.4. The second-order valence-electron chi connectivity index (χ2n) is 5.67. The van der Waals surface area contributed by atoms with Crippen LogP contribution in [-0.4, -0.2) is 18.0 Å². The smallest absolute Gasteiger partial charge is 0.271 e. The van der Waals surface area contributed by atoms with Gasteiger partial charge in [-0.05, 0) is 24.6 Å². The zero-order chi connectivity index (χ0) is 18.4. The molecule has 3 rings (SSSR count). The Morgan fingerprint density at radius 2 is 1.81 bits per heavy atom. The monoisotopic (exact) mass is 368 g/mol. The average Bonchev–Trinajstić information content (AvgIpc) is 3.16. The van der Waals surface area contributed by atoms with Gasteiger partial charge in [-0.2, -0.15) is 0 Å². The SMILES string of the molecule is COc1ccccc1OCc1nc(C(=O)NC(C)c2ccccc2)cs1. The lowest BCUT2D eigenvalue weighted by atomic mass is 10.1. The van der Waals surface area contributed by atoms with Crippen molar-refractivity contribution in [1.29, 1.82) is 0 Å². The van der Waals surface area contributed by atoms with Crippen molar-refractivity contribution < 1.29 is 14.3 Å². The molecular weight excluding hydrogens is 348 g/mol. The topological polar surface area (TPSA) is 60.5 Å². The van der Waals surface area contributed by atoms with Crippen molar-refractivity contribution in [2.45, 2.75) is 19.6 Å². The summed E-state index contributed by atoms with van der Waals surface area (Å²) in [6.07, 6.45) is 0. The normalized spacial score (nSPS) is 11.6. The van der Waals surface area contributed by atoms with E-state index in [9.17, 15) is 4.79 Å². The molecule has 0 radical (unpaired) electrons. The molecule has 134 valence electrons. The van der Waals surface area contributed by atoms with E-state index in [2.05, 4.69) is 10.3 Å². The molecule has 26 heavy (non-hydrogen) atoms. The van der Waals surface area contributed by atoms with Gasteiger partial charge in [0, 0.05) is 5.38 Å². The Morgan fingerprint density at radius 1 is 1.12 bits per heavy atom.